The Balaban J connectivity index is 1.87. The first-order chi connectivity index (χ1) is 8.69. The first kappa shape index (κ1) is 12.9. The molecule has 4 heteroatoms. The molecule has 4 nitrogen and oxygen atoms in total. The van der Waals surface area contributed by atoms with Gasteiger partial charge in [-0.05, 0) is 44.2 Å². The molecule has 0 saturated heterocycles. The largest absolute Gasteiger partial charge is 0.497 e. The second-order valence-corrected chi connectivity index (χ2v) is 4.94. The van der Waals surface area contributed by atoms with Crippen molar-refractivity contribution in [2.75, 3.05) is 27.2 Å². The lowest BCUT2D eigenvalue weighted by Crippen LogP contribution is -2.34. The molecule has 0 radical (unpaired) electrons. The Morgan fingerprint density at radius 2 is 1.94 bits per heavy atom. The second-order valence-electron chi connectivity index (χ2n) is 4.94. The van der Waals surface area contributed by atoms with E-state index in [1.165, 1.54) is 12.8 Å². The Morgan fingerprint density at radius 1 is 1.28 bits per heavy atom. The third-order valence-electron chi connectivity index (χ3n) is 3.49. The third-order valence-corrected chi connectivity index (χ3v) is 3.49. The molecule has 0 heterocycles. The average molecular weight is 248 g/mol. The summed E-state index contributed by atoms with van der Waals surface area (Å²) in [4.78, 5) is 12.0. The zero-order valence-corrected chi connectivity index (χ0v) is 11.0. The summed E-state index contributed by atoms with van der Waals surface area (Å²) >= 11 is 0. The number of hydrogen-bond donors (Lipinski definition) is 2. The first-order valence-corrected chi connectivity index (χ1v) is 6.26. The standard InChI is InChI=1S/C14H20N2O2/c1-15-9-14(7-8-14)10-16-13(17)11-3-5-12(18-2)6-4-11/h3-6,15H,7-10H2,1-2H3,(H,16,17). The molecule has 0 bridgehead atoms. The van der Waals surface area contributed by atoms with Crippen LogP contribution < -0.4 is 15.4 Å². The number of methoxy groups -OCH3 is 1. The summed E-state index contributed by atoms with van der Waals surface area (Å²) in [5, 5.41) is 6.19. The molecule has 0 spiro atoms. The minimum Gasteiger partial charge on any atom is -0.497 e. The summed E-state index contributed by atoms with van der Waals surface area (Å²) in [5.41, 5.74) is 0.965. The van der Waals surface area contributed by atoms with Crippen molar-refractivity contribution in [1.29, 1.82) is 0 Å². The predicted molar refractivity (Wildman–Crippen MR) is 70.9 cm³/mol. The first-order valence-electron chi connectivity index (χ1n) is 6.26. The van der Waals surface area contributed by atoms with E-state index in [4.69, 9.17) is 4.74 Å². The zero-order valence-electron chi connectivity index (χ0n) is 11.0. The van der Waals surface area contributed by atoms with Crippen LogP contribution >= 0.6 is 0 Å². The molecule has 0 aliphatic heterocycles. The lowest BCUT2D eigenvalue weighted by Gasteiger charge is -2.15. The second kappa shape index (κ2) is 5.40. The molecule has 0 unspecified atom stereocenters. The molecule has 0 atom stereocenters. The van der Waals surface area contributed by atoms with Gasteiger partial charge in [0.15, 0.2) is 0 Å². The van der Waals surface area contributed by atoms with Crippen molar-refractivity contribution < 1.29 is 9.53 Å². The smallest absolute Gasteiger partial charge is 0.251 e. The van der Waals surface area contributed by atoms with Gasteiger partial charge in [-0.25, -0.2) is 0 Å². The fourth-order valence-corrected chi connectivity index (χ4v) is 2.08. The summed E-state index contributed by atoms with van der Waals surface area (Å²) in [7, 11) is 3.56. The predicted octanol–water partition coefficient (Wildman–Crippen LogP) is 1.42. The van der Waals surface area contributed by atoms with Crippen LogP contribution in [0.15, 0.2) is 24.3 Å². The van der Waals surface area contributed by atoms with Crippen LogP contribution in [0.1, 0.15) is 23.2 Å². The monoisotopic (exact) mass is 248 g/mol. The molecule has 2 rings (SSSR count). The van der Waals surface area contributed by atoms with E-state index in [1.54, 1.807) is 31.4 Å². The summed E-state index contributed by atoms with van der Waals surface area (Å²) in [6, 6.07) is 7.17. The van der Waals surface area contributed by atoms with Crippen LogP contribution in [0, 0.1) is 5.41 Å². The van der Waals surface area contributed by atoms with Crippen LogP contribution in [0.5, 0.6) is 5.75 Å². The van der Waals surface area contributed by atoms with Crippen LogP contribution in [0.2, 0.25) is 0 Å². The summed E-state index contributed by atoms with van der Waals surface area (Å²) < 4.78 is 5.07. The van der Waals surface area contributed by atoms with Gasteiger partial charge in [-0.3, -0.25) is 4.79 Å². The Bertz CT molecular complexity index is 410. The van der Waals surface area contributed by atoms with E-state index in [-0.39, 0.29) is 11.3 Å². The van der Waals surface area contributed by atoms with E-state index in [0.717, 1.165) is 18.8 Å². The molecule has 1 aliphatic rings. The average Bonchev–Trinajstić information content (AvgIpc) is 3.17. The maximum Gasteiger partial charge on any atom is 0.251 e. The van der Waals surface area contributed by atoms with E-state index < -0.39 is 0 Å². The molecular formula is C14H20N2O2. The topological polar surface area (TPSA) is 50.4 Å². The Kier molecular flexibility index (Phi) is 3.87. The van der Waals surface area contributed by atoms with E-state index in [1.807, 2.05) is 7.05 Å². The van der Waals surface area contributed by atoms with Gasteiger partial charge in [-0.1, -0.05) is 0 Å². The fraction of sp³-hybridized carbons (Fsp3) is 0.500. The number of carbonyl (C=O) groups excluding carboxylic acids is 1. The number of nitrogens with one attached hydrogen (secondary N) is 2. The number of amides is 1. The zero-order chi connectivity index (χ0) is 13.0. The van der Waals surface area contributed by atoms with Crippen LogP contribution in [0.3, 0.4) is 0 Å². The van der Waals surface area contributed by atoms with Gasteiger partial charge in [0, 0.05) is 24.1 Å². The summed E-state index contributed by atoms with van der Waals surface area (Å²) in [6.07, 6.45) is 2.38. The molecule has 1 aromatic carbocycles. The van der Waals surface area contributed by atoms with Gasteiger partial charge < -0.3 is 15.4 Å². The van der Waals surface area contributed by atoms with E-state index in [0.29, 0.717) is 5.56 Å². The fourth-order valence-electron chi connectivity index (χ4n) is 2.08. The number of carbonyl (C=O) groups is 1. The van der Waals surface area contributed by atoms with Crippen molar-refractivity contribution in [1.82, 2.24) is 10.6 Å². The van der Waals surface area contributed by atoms with Crippen LogP contribution in [-0.2, 0) is 0 Å². The third kappa shape index (κ3) is 3.01. The van der Waals surface area contributed by atoms with Gasteiger partial charge in [-0.15, -0.1) is 0 Å². The maximum absolute atomic E-state index is 12.0. The van der Waals surface area contributed by atoms with Gasteiger partial charge in [0.05, 0.1) is 7.11 Å². The highest BCUT2D eigenvalue weighted by Crippen LogP contribution is 2.44. The molecule has 1 amide bonds. The van der Waals surface area contributed by atoms with E-state index in [9.17, 15) is 4.79 Å². The summed E-state index contributed by atoms with van der Waals surface area (Å²) in [5.74, 6) is 0.750. The molecule has 98 valence electrons. The lowest BCUT2D eigenvalue weighted by molar-refractivity contribution is 0.0945. The van der Waals surface area contributed by atoms with Crippen molar-refractivity contribution in [3.05, 3.63) is 29.8 Å². The van der Waals surface area contributed by atoms with Crippen molar-refractivity contribution in [2.45, 2.75) is 12.8 Å². The summed E-state index contributed by atoms with van der Waals surface area (Å²) in [6.45, 7) is 1.72. The van der Waals surface area contributed by atoms with Gasteiger partial charge in [-0.2, -0.15) is 0 Å². The Morgan fingerprint density at radius 3 is 2.44 bits per heavy atom. The highest BCUT2D eigenvalue weighted by atomic mass is 16.5. The maximum atomic E-state index is 12.0. The van der Waals surface area contributed by atoms with Crippen LogP contribution in [0.25, 0.3) is 0 Å². The Hall–Kier alpha value is -1.55. The number of hydrogen-bond acceptors (Lipinski definition) is 3. The molecule has 1 aromatic rings. The number of ether oxygens (including phenoxy) is 1. The SMILES string of the molecule is CNCC1(CNC(=O)c2ccc(OC)cc2)CC1. The number of benzene rings is 1. The van der Waals surface area contributed by atoms with Crippen molar-refractivity contribution >= 4 is 5.91 Å². The van der Waals surface area contributed by atoms with Gasteiger partial charge in [0.1, 0.15) is 5.75 Å². The Labute approximate surface area is 108 Å². The number of rotatable bonds is 6. The van der Waals surface area contributed by atoms with Crippen molar-refractivity contribution in [3.8, 4) is 5.75 Å². The lowest BCUT2D eigenvalue weighted by atomic mass is 10.1. The molecule has 1 fully saturated rings. The molecular weight excluding hydrogens is 228 g/mol. The minimum absolute atomic E-state index is 0.0139. The quantitative estimate of drug-likeness (QED) is 0.800. The van der Waals surface area contributed by atoms with Gasteiger partial charge >= 0.3 is 0 Å². The van der Waals surface area contributed by atoms with Gasteiger partial charge in [0.25, 0.3) is 5.91 Å². The highest BCUT2D eigenvalue weighted by Gasteiger charge is 2.41. The van der Waals surface area contributed by atoms with Crippen molar-refractivity contribution in [2.24, 2.45) is 5.41 Å². The van der Waals surface area contributed by atoms with E-state index >= 15 is 0 Å². The normalized spacial score (nSPS) is 16.1. The minimum atomic E-state index is -0.0139. The molecule has 0 aromatic heterocycles. The molecule has 18 heavy (non-hydrogen) atoms. The molecule has 1 aliphatic carbocycles. The van der Waals surface area contributed by atoms with Crippen molar-refractivity contribution in [3.63, 3.8) is 0 Å². The highest BCUT2D eigenvalue weighted by molar-refractivity contribution is 5.94. The molecule has 1 saturated carbocycles. The van der Waals surface area contributed by atoms with E-state index in [2.05, 4.69) is 10.6 Å². The van der Waals surface area contributed by atoms with Crippen LogP contribution in [-0.4, -0.2) is 33.2 Å². The van der Waals surface area contributed by atoms with Gasteiger partial charge in [0.2, 0.25) is 0 Å². The molecule has 2 N–H and O–H groups in total. The van der Waals surface area contributed by atoms with Crippen LogP contribution in [0.4, 0.5) is 0 Å².